The molecule has 4 N–H and O–H groups in total. The van der Waals surface area contributed by atoms with Crippen LogP contribution in [-0.2, 0) is 9.53 Å². The highest BCUT2D eigenvalue weighted by atomic mass is 16.6. The van der Waals surface area contributed by atoms with Gasteiger partial charge >= 0.3 is 5.97 Å². The summed E-state index contributed by atoms with van der Waals surface area (Å²) in [5, 5.41) is 0. The molecule has 0 aromatic carbocycles. The lowest BCUT2D eigenvalue weighted by Gasteiger charge is -2.20. The van der Waals surface area contributed by atoms with Crippen LogP contribution in [-0.4, -0.2) is 17.7 Å². The monoisotopic (exact) mass is 146 g/mol. The first-order valence-corrected chi connectivity index (χ1v) is 3.07. The number of esters is 1. The lowest BCUT2D eigenvalue weighted by atomic mass is 10.2. The van der Waals surface area contributed by atoms with Gasteiger partial charge in [-0.2, -0.15) is 0 Å². The Labute approximate surface area is 60.5 Å². The van der Waals surface area contributed by atoms with Crippen molar-refractivity contribution in [2.75, 3.05) is 0 Å². The van der Waals surface area contributed by atoms with E-state index in [0.29, 0.717) is 0 Å². The SMILES string of the molecule is CC(C)(C)OC(=O)C(N)N. The molecule has 0 aromatic heterocycles. The van der Waals surface area contributed by atoms with E-state index in [-0.39, 0.29) is 0 Å². The standard InChI is InChI=1S/C6H14N2O2/c1-6(2,3)10-5(9)4(7)8/h4H,7-8H2,1-3H3. The minimum atomic E-state index is -1.03. The Morgan fingerprint density at radius 3 is 1.90 bits per heavy atom. The first-order chi connectivity index (χ1) is 4.33. The normalized spacial score (nSPS) is 11.8. The topological polar surface area (TPSA) is 78.3 Å². The molecule has 0 aromatic rings. The van der Waals surface area contributed by atoms with Crippen LogP contribution in [0.4, 0.5) is 0 Å². The number of nitrogens with two attached hydrogens (primary N) is 2. The van der Waals surface area contributed by atoms with Crippen LogP contribution in [0.25, 0.3) is 0 Å². The molecule has 0 aliphatic heterocycles. The molecule has 0 unspecified atom stereocenters. The van der Waals surface area contributed by atoms with Gasteiger partial charge in [0.25, 0.3) is 0 Å². The molecule has 0 aliphatic carbocycles. The molecule has 0 aliphatic rings. The van der Waals surface area contributed by atoms with Crippen LogP contribution in [0.5, 0.6) is 0 Å². The highest BCUT2D eigenvalue weighted by Gasteiger charge is 2.18. The summed E-state index contributed by atoms with van der Waals surface area (Å²) < 4.78 is 4.81. The van der Waals surface area contributed by atoms with Crippen molar-refractivity contribution in [1.29, 1.82) is 0 Å². The molecule has 0 bridgehead atoms. The molecule has 4 nitrogen and oxygen atoms in total. The second kappa shape index (κ2) is 2.98. The van der Waals surface area contributed by atoms with E-state index in [4.69, 9.17) is 16.2 Å². The molecule has 60 valence electrons. The smallest absolute Gasteiger partial charge is 0.338 e. The van der Waals surface area contributed by atoms with Gasteiger partial charge in [-0.05, 0) is 20.8 Å². The van der Waals surface area contributed by atoms with Gasteiger partial charge in [-0.1, -0.05) is 0 Å². The molecule has 0 saturated carbocycles. The molecule has 0 fully saturated rings. The van der Waals surface area contributed by atoms with Gasteiger partial charge in [-0.15, -0.1) is 0 Å². The van der Waals surface area contributed by atoms with Crippen LogP contribution >= 0.6 is 0 Å². The van der Waals surface area contributed by atoms with Crippen molar-refractivity contribution in [1.82, 2.24) is 0 Å². The van der Waals surface area contributed by atoms with Gasteiger partial charge in [0.2, 0.25) is 0 Å². The van der Waals surface area contributed by atoms with Crippen molar-refractivity contribution >= 4 is 5.97 Å². The van der Waals surface area contributed by atoms with E-state index >= 15 is 0 Å². The van der Waals surface area contributed by atoms with Crippen LogP contribution in [0.15, 0.2) is 0 Å². The van der Waals surface area contributed by atoms with Crippen molar-refractivity contribution in [2.24, 2.45) is 11.5 Å². The highest BCUT2D eigenvalue weighted by Crippen LogP contribution is 2.06. The van der Waals surface area contributed by atoms with Crippen LogP contribution in [0, 0.1) is 0 Å². The summed E-state index contributed by atoms with van der Waals surface area (Å²) in [5.41, 5.74) is 9.59. The molecule has 0 saturated heterocycles. The third-order valence-corrected chi connectivity index (χ3v) is 0.679. The van der Waals surface area contributed by atoms with Crippen molar-refractivity contribution in [2.45, 2.75) is 32.5 Å². The Morgan fingerprint density at radius 2 is 1.80 bits per heavy atom. The zero-order valence-electron chi connectivity index (χ0n) is 6.55. The lowest BCUT2D eigenvalue weighted by Crippen LogP contribution is -2.43. The summed E-state index contributed by atoms with van der Waals surface area (Å²) in [5.74, 6) is -0.576. The molecule has 0 amide bonds. The fourth-order valence-corrected chi connectivity index (χ4v) is 0.370. The number of hydrogen-bond donors (Lipinski definition) is 2. The Morgan fingerprint density at radius 1 is 1.40 bits per heavy atom. The first kappa shape index (κ1) is 9.39. The third kappa shape index (κ3) is 4.29. The molecule has 4 heteroatoms. The highest BCUT2D eigenvalue weighted by molar-refractivity contribution is 5.74. The minimum Gasteiger partial charge on any atom is -0.458 e. The maximum atomic E-state index is 10.7. The first-order valence-electron chi connectivity index (χ1n) is 3.07. The Balaban J connectivity index is 3.81. The van der Waals surface area contributed by atoms with Gasteiger partial charge in [0.1, 0.15) is 5.60 Å². The van der Waals surface area contributed by atoms with E-state index in [0.717, 1.165) is 0 Å². The molecular weight excluding hydrogens is 132 g/mol. The average molecular weight is 146 g/mol. The molecule has 10 heavy (non-hydrogen) atoms. The lowest BCUT2D eigenvalue weighted by molar-refractivity contribution is -0.156. The fraction of sp³-hybridized carbons (Fsp3) is 0.833. The summed E-state index contributed by atoms with van der Waals surface area (Å²) in [7, 11) is 0. The van der Waals surface area contributed by atoms with Crippen molar-refractivity contribution in [3.05, 3.63) is 0 Å². The number of carbonyl (C=O) groups excluding carboxylic acids is 1. The molecular formula is C6H14N2O2. The quantitative estimate of drug-likeness (QED) is 0.388. The predicted octanol–water partition coefficient (Wildman–Crippen LogP) is -0.428. The van der Waals surface area contributed by atoms with E-state index < -0.39 is 17.7 Å². The van der Waals surface area contributed by atoms with E-state index in [1.54, 1.807) is 20.8 Å². The largest absolute Gasteiger partial charge is 0.458 e. The summed E-state index contributed by atoms with van der Waals surface area (Å²) in [6.45, 7) is 5.27. The van der Waals surface area contributed by atoms with Crippen molar-refractivity contribution < 1.29 is 9.53 Å². The van der Waals surface area contributed by atoms with Crippen molar-refractivity contribution in [3.8, 4) is 0 Å². The van der Waals surface area contributed by atoms with Gasteiger partial charge in [-0.25, -0.2) is 4.79 Å². The average Bonchev–Trinajstić information content (AvgIpc) is 1.60. The fourth-order valence-electron chi connectivity index (χ4n) is 0.370. The molecule has 0 rings (SSSR count). The molecule has 0 heterocycles. The maximum Gasteiger partial charge on any atom is 0.338 e. The number of ether oxygens (including phenoxy) is 1. The van der Waals surface area contributed by atoms with E-state index in [9.17, 15) is 4.79 Å². The Hall–Kier alpha value is -0.610. The minimum absolute atomic E-state index is 0.506. The Bertz CT molecular complexity index is 126. The van der Waals surface area contributed by atoms with Gasteiger partial charge in [-0.3, -0.25) is 0 Å². The molecule has 0 atom stereocenters. The zero-order valence-corrected chi connectivity index (χ0v) is 6.55. The zero-order chi connectivity index (χ0) is 8.36. The van der Waals surface area contributed by atoms with Crippen LogP contribution in [0.2, 0.25) is 0 Å². The maximum absolute atomic E-state index is 10.7. The second-order valence-electron chi connectivity index (χ2n) is 3.06. The summed E-state index contributed by atoms with van der Waals surface area (Å²) >= 11 is 0. The molecule has 0 radical (unpaired) electrons. The summed E-state index contributed by atoms with van der Waals surface area (Å²) in [4.78, 5) is 10.7. The van der Waals surface area contributed by atoms with Gasteiger partial charge < -0.3 is 16.2 Å². The van der Waals surface area contributed by atoms with Crippen LogP contribution < -0.4 is 11.5 Å². The van der Waals surface area contributed by atoms with E-state index in [2.05, 4.69) is 0 Å². The number of carbonyl (C=O) groups is 1. The van der Waals surface area contributed by atoms with Crippen LogP contribution in [0.3, 0.4) is 0 Å². The molecule has 0 spiro atoms. The summed E-state index contributed by atoms with van der Waals surface area (Å²) in [6.07, 6.45) is -1.03. The van der Waals surface area contributed by atoms with Gasteiger partial charge in [0.15, 0.2) is 6.17 Å². The Kier molecular flexibility index (Phi) is 2.80. The van der Waals surface area contributed by atoms with Gasteiger partial charge in [0.05, 0.1) is 0 Å². The van der Waals surface area contributed by atoms with Gasteiger partial charge in [0, 0.05) is 0 Å². The summed E-state index contributed by atoms with van der Waals surface area (Å²) in [6, 6.07) is 0. The van der Waals surface area contributed by atoms with E-state index in [1.807, 2.05) is 0 Å². The predicted molar refractivity (Wildman–Crippen MR) is 38.0 cm³/mol. The number of rotatable bonds is 1. The van der Waals surface area contributed by atoms with Crippen LogP contribution in [0.1, 0.15) is 20.8 Å². The third-order valence-electron chi connectivity index (χ3n) is 0.679. The van der Waals surface area contributed by atoms with E-state index in [1.165, 1.54) is 0 Å². The number of hydrogen-bond acceptors (Lipinski definition) is 4. The van der Waals surface area contributed by atoms with Crippen molar-refractivity contribution in [3.63, 3.8) is 0 Å². The second-order valence-corrected chi connectivity index (χ2v) is 3.06.